The van der Waals surface area contributed by atoms with Gasteiger partial charge in [0.15, 0.2) is 0 Å². The summed E-state index contributed by atoms with van der Waals surface area (Å²) in [4.78, 5) is 6.65. The van der Waals surface area contributed by atoms with E-state index >= 15 is 0 Å². The van der Waals surface area contributed by atoms with Crippen LogP contribution in [0, 0.1) is 0 Å². The Morgan fingerprint density at radius 1 is 1.41 bits per heavy atom. The van der Waals surface area contributed by atoms with Crippen LogP contribution in [0.3, 0.4) is 0 Å². The van der Waals surface area contributed by atoms with Crippen LogP contribution < -0.4 is 10.5 Å². The van der Waals surface area contributed by atoms with Gasteiger partial charge in [-0.25, -0.2) is 0 Å². The molecule has 1 unspecified atom stereocenters. The lowest BCUT2D eigenvalue weighted by atomic mass is 10.1. The molecule has 2 N–H and O–H groups in total. The summed E-state index contributed by atoms with van der Waals surface area (Å²) in [5, 5.41) is 0. The first-order valence-corrected chi connectivity index (χ1v) is 6.39. The number of nitrogens with zero attached hydrogens (tertiary/aromatic N) is 1. The van der Waals surface area contributed by atoms with Crippen molar-refractivity contribution in [1.29, 1.82) is 0 Å². The molecule has 0 spiro atoms. The molecule has 1 atom stereocenters. The van der Waals surface area contributed by atoms with Crippen molar-refractivity contribution in [2.75, 3.05) is 7.11 Å². The van der Waals surface area contributed by atoms with Crippen molar-refractivity contribution in [2.45, 2.75) is 19.4 Å². The second kappa shape index (κ2) is 5.29. The van der Waals surface area contributed by atoms with E-state index in [-0.39, 0.29) is 6.04 Å². The van der Waals surface area contributed by atoms with Gasteiger partial charge in [-0.3, -0.25) is 4.98 Å². The topological polar surface area (TPSA) is 48.1 Å². The van der Waals surface area contributed by atoms with E-state index in [2.05, 4.69) is 24.0 Å². The Morgan fingerprint density at radius 2 is 2.24 bits per heavy atom. The Labute approximate surface area is 105 Å². The minimum absolute atomic E-state index is 0.122. The van der Waals surface area contributed by atoms with Gasteiger partial charge in [0.25, 0.3) is 0 Å². The van der Waals surface area contributed by atoms with Crippen LogP contribution in [0.1, 0.15) is 28.3 Å². The molecular formula is C13H16N2OS. The summed E-state index contributed by atoms with van der Waals surface area (Å²) in [6.07, 6.45) is 4.52. The summed E-state index contributed by atoms with van der Waals surface area (Å²) in [5.74, 6) is 0.741. The van der Waals surface area contributed by atoms with Gasteiger partial charge in [0.1, 0.15) is 5.75 Å². The van der Waals surface area contributed by atoms with Gasteiger partial charge in [-0.15, -0.1) is 11.3 Å². The lowest BCUT2D eigenvalue weighted by Crippen LogP contribution is -2.10. The minimum atomic E-state index is -0.122. The molecule has 17 heavy (non-hydrogen) atoms. The van der Waals surface area contributed by atoms with E-state index in [0.717, 1.165) is 22.6 Å². The molecule has 0 aliphatic rings. The highest BCUT2D eigenvalue weighted by Gasteiger charge is 2.12. The van der Waals surface area contributed by atoms with Gasteiger partial charge in [0.2, 0.25) is 0 Å². The molecule has 3 nitrogen and oxygen atoms in total. The Balaban J connectivity index is 2.26. The number of aromatic nitrogens is 1. The normalized spacial score (nSPS) is 12.4. The van der Waals surface area contributed by atoms with Crippen LogP contribution in [0.15, 0.2) is 30.6 Å². The molecule has 0 bridgehead atoms. The first-order valence-electron chi connectivity index (χ1n) is 5.57. The molecule has 2 heterocycles. The zero-order valence-electron chi connectivity index (χ0n) is 10.0. The fourth-order valence-corrected chi connectivity index (χ4v) is 2.62. The monoisotopic (exact) mass is 248 g/mol. The number of methoxy groups -OCH3 is 1. The zero-order chi connectivity index (χ0) is 12.3. The van der Waals surface area contributed by atoms with E-state index in [4.69, 9.17) is 10.5 Å². The first kappa shape index (κ1) is 12.1. The summed E-state index contributed by atoms with van der Waals surface area (Å²) in [7, 11) is 1.63. The number of hydrogen-bond acceptors (Lipinski definition) is 4. The van der Waals surface area contributed by atoms with E-state index in [0.29, 0.717) is 0 Å². The van der Waals surface area contributed by atoms with Crippen molar-refractivity contribution < 1.29 is 4.74 Å². The second-order valence-electron chi connectivity index (χ2n) is 3.79. The van der Waals surface area contributed by atoms with Crippen LogP contribution in [0.5, 0.6) is 5.75 Å². The summed E-state index contributed by atoms with van der Waals surface area (Å²) in [6.45, 7) is 2.15. The number of aryl methyl sites for hydroxylation is 1. The zero-order valence-corrected chi connectivity index (χ0v) is 10.8. The highest BCUT2D eigenvalue weighted by molar-refractivity contribution is 7.12. The molecule has 2 aromatic rings. The number of pyridine rings is 1. The third-order valence-corrected chi connectivity index (χ3v) is 3.98. The molecule has 0 aromatic carbocycles. The van der Waals surface area contributed by atoms with Crippen LogP contribution in [0.2, 0.25) is 0 Å². The average Bonchev–Trinajstić information content (AvgIpc) is 2.86. The van der Waals surface area contributed by atoms with Crippen molar-refractivity contribution in [1.82, 2.24) is 4.98 Å². The highest BCUT2D eigenvalue weighted by atomic mass is 32.1. The molecule has 0 aliphatic carbocycles. The first-order chi connectivity index (χ1) is 8.24. The van der Waals surface area contributed by atoms with Crippen LogP contribution in [0.25, 0.3) is 0 Å². The molecule has 0 saturated carbocycles. The van der Waals surface area contributed by atoms with Crippen molar-refractivity contribution in [3.63, 3.8) is 0 Å². The van der Waals surface area contributed by atoms with E-state index < -0.39 is 0 Å². The molecule has 0 aliphatic heterocycles. The predicted molar refractivity (Wildman–Crippen MR) is 70.5 cm³/mol. The van der Waals surface area contributed by atoms with Crippen LogP contribution in [-0.4, -0.2) is 12.1 Å². The van der Waals surface area contributed by atoms with Crippen molar-refractivity contribution in [2.24, 2.45) is 5.73 Å². The quantitative estimate of drug-likeness (QED) is 0.905. The van der Waals surface area contributed by atoms with E-state index in [1.807, 2.05) is 6.07 Å². The van der Waals surface area contributed by atoms with Crippen LogP contribution in [-0.2, 0) is 6.42 Å². The number of thiophene rings is 1. The summed E-state index contributed by atoms with van der Waals surface area (Å²) in [5.41, 5.74) is 7.20. The molecule has 0 amide bonds. The van der Waals surface area contributed by atoms with Gasteiger partial charge in [0, 0.05) is 16.0 Å². The Bertz CT molecular complexity index is 496. The fraction of sp³-hybridized carbons (Fsp3) is 0.308. The molecule has 0 radical (unpaired) electrons. The smallest absolute Gasteiger partial charge is 0.137 e. The number of rotatable bonds is 4. The molecular weight excluding hydrogens is 232 g/mol. The number of hydrogen-bond donors (Lipinski definition) is 1. The Kier molecular flexibility index (Phi) is 3.76. The Morgan fingerprint density at radius 3 is 2.88 bits per heavy atom. The van der Waals surface area contributed by atoms with Gasteiger partial charge in [-0.05, 0) is 30.2 Å². The van der Waals surface area contributed by atoms with Gasteiger partial charge >= 0.3 is 0 Å². The minimum Gasteiger partial charge on any atom is -0.495 e. The van der Waals surface area contributed by atoms with Crippen molar-refractivity contribution >= 4 is 11.3 Å². The summed E-state index contributed by atoms with van der Waals surface area (Å²) in [6, 6.07) is 6.03. The van der Waals surface area contributed by atoms with E-state index in [1.165, 1.54) is 4.88 Å². The molecule has 0 fully saturated rings. The van der Waals surface area contributed by atoms with Crippen LogP contribution in [0.4, 0.5) is 0 Å². The lowest BCUT2D eigenvalue weighted by Gasteiger charge is -2.10. The van der Waals surface area contributed by atoms with E-state index in [1.54, 1.807) is 30.8 Å². The molecule has 0 saturated heterocycles. The third-order valence-electron chi connectivity index (χ3n) is 2.67. The largest absolute Gasteiger partial charge is 0.495 e. The number of nitrogens with two attached hydrogens (primary N) is 1. The summed E-state index contributed by atoms with van der Waals surface area (Å²) < 4.78 is 5.15. The standard InChI is InChI=1S/C13H16N2OS/c1-3-11-4-5-12(17-11)13(14)9-6-10(16-2)8-15-7-9/h4-8,13H,3,14H2,1-2H3. The number of ether oxygens (including phenoxy) is 1. The fourth-order valence-electron chi connectivity index (χ4n) is 1.63. The van der Waals surface area contributed by atoms with E-state index in [9.17, 15) is 0 Å². The molecule has 2 aromatic heterocycles. The predicted octanol–water partition coefficient (Wildman–Crippen LogP) is 2.76. The van der Waals surface area contributed by atoms with Gasteiger partial charge in [-0.1, -0.05) is 6.92 Å². The lowest BCUT2D eigenvalue weighted by molar-refractivity contribution is 0.412. The molecule has 90 valence electrons. The second-order valence-corrected chi connectivity index (χ2v) is 4.99. The average molecular weight is 248 g/mol. The van der Waals surface area contributed by atoms with Gasteiger partial charge in [0.05, 0.1) is 19.3 Å². The van der Waals surface area contributed by atoms with Crippen molar-refractivity contribution in [3.05, 3.63) is 45.9 Å². The SMILES string of the molecule is CCc1ccc(C(N)c2cncc(OC)c2)s1. The molecule has 4 heteroatoms. The van der Waals surface area contributed by atoms with Crippen LogP contribution >= 0.6 is 11.3 Å². The highest BCUT2D eigenvalue weighted by Crippen LogP contribution is 2.28. The Hall–Kier alpha value is -1.39. The molecule has 2 rings (SSSR count). The maximum atomic E-state index is 6.22. The van der Waals surface area contributed by atoms with Gasteiger partial charge < -0.3 is 10.5 Å². The maximum absolute atomic E-state index is 6.22. The maximum Gasteiger partial charge on any atom is 0.137 e. The summed E-state index contributed by atoms with van der Waals surface area (Å²) >= 11 is 1.76. The van der Waals surface area contributed by atoms with Gasteiger partial charge in [-0.2, -0.15) is 0 Å². The van der Waals surface area contributed by atoms with Crippen molar-refractivity contribution in [3.8, 4) is 5.75 Å². The third kappa shape index (κ3) is 2.65.